The van der Waals surface area contributed by atoms with E-state index in [1.165, 1.54) is 8.66 Å². The van der Waals surface area contributed by atoms with Crippen molar-refractivity contribution in [3.05, 3.63) is 20.8 Å². The molecule has 1 unspecified atom stereocenters. The molecule has 13 heavy (non-hydrogen) atoms. The molecule has 1 N–H and O–H groups in total. The molecule has 0 aliphatic heterocycles. The van der Waals surface area contributed by atoms with E-state index in [9.17, 15) is 5.11 Å². The van der Waals surface area contributed by atoms with Crippen LogP contribution in [0.5, 0.6) is 0 Å². The highest BCUT2D eigenvalue weighted by Gasteiger charge is 2.04. The van der Waals surface area contributed by atoms with E-state index in [-0.39, 0.29) is 6.10 Å². The molecule has 1 aromatic heterocycles. The Bertz CT molecular complexity index is 247. The number of aliphatic hydroxyl groups is 1. The third kappa shape index (κ3) is 4.25. The normalized spacial score (nSPS) is 13.2. The van der Waals surface area contributed by atoms with E-state index < -0.39 is 0 Å². The highest BCUT2D eigenvalue weighted by molar-refractivity contribution is 9.11. The van der Waals surface area contributed by atoms with Crippen LogP contribution >= 0.6 is 27.3 Å². The molecule has 0 bridgehead atoms. The Balaban J connectivity index is 2.26. The molecule has 0 aromatic carbocycles. The largest absolute Gasteiger partial charge is 0.393 e. The molecule has 0 saturated heterocycles. The van der Waals surface area contributed by atoms with Gasteiger partial charge in [-0.3, -0.25) is 0 Å². The van der Waals surface area contributed by atoms with E-state index >= 15 is 0 Å². The maximum atomic E-state index is 9.51. The Labute approximate surface area is 91.9 Å². The van der Waals surface area contributed by atoms with Gasteiger partial charge in [-0.1, -0.05) is 13.3 Å². The van der Waals surface area contributed by atoms with Gasteiger partial charge in [-0.2, -0.15) is 0 Å². The fraction of sp³-hybridized carbons (Fsp3) is 0.600. The Morgan fingerprint density at radius 2 is 2.23 bits per heavy atom. The maximum absolute atomic E-state index is 9.51. The first-order chi connectivity index (χ1) is 6.22. The molecular formula is C10H15BrOS. The highest BCUT2D eigenvalue weighted by Crippen LogP contribution is 2.23. The van der Waals surface area contributed by atoms with Gasteiger partial charge in [-0.25, -0.2) is 0 Å². The van der Waals surface area contributed by atoms with Gasteiger partial charge < -0.3 is 5.11 Å². The third-order valence-electron chi connectivity index (χ3n) is 1.97. The summed E-state index contributed by atoms with van der Waals surface area (Å²) in [6.45, 7) is 2.10. The average Bonchev–Trinajstić information content (AvgIpc) is 2.49. The summed E-state index contributed by atoms with van der Waals surface area (Å²) in [4.78, 5) is 1.35. The van der Waals surface area contributed by atoms with Gasteiger partial charge in [0.05, 0.1) is 9.89 Å². The number of thiophene rings is 1. The van der Waals surface area contributed by atoms with Crippen LogP contribution in [0.3, 0.4) is 0 Å². The lowest BCUT2D eigenvalue weighted by molar-refractivity contribution is 0.154. The number of aliphatic hydroxyl groups excluding tert-OH is 1. The first-order valence-electron chi connectivity index (χ1n) is 4.64. The average molecular weight is 263 g/mol. The van der Waals surface area contributed by atoms with Crippen LogP contribution in [0.2, 0.25) is 0 Å². The SMILES string of the molecule is CCCC(O)CCc1ccc(Br)s1. The van der Waals surface area contributed by atoms with Crippen LogP contribution in [0.4, 0.5) is 0 Å². The monoisotopic (exact) mass is 262 g/mol. The van der Waals surface area contributed by atoms with Crippen molar-refractivity contribution >= 4 is 27.3 Å². The molecule has 1 aromatic rings. The molecule has 0 fully saturated rings. The summed E-state index contributed by atoms with van der Waals surface area (Å²) in [6, 6.07) is 4.18. The maximum Gasteiger partial charge on any atom is 0.0701 e. The first kappa shape index (κ1) is 11.2. The standard InChI is InChI=1S/C10H15BrOS/c1-2-3-8(12)4-5-9-6-7-10(11)13-9/h6-8,12H,2-5H2,1H3. The zero-order valence-corrected chi connectivity index (χ0v) is 10.2. The minimum atomic E-state index is -0.120. The van der Waals surface area contributed by atoms with Crippen LogP contribution in [-0.2, 0) is 6.42 Å². The van der Waals surface area contributed by atoms with E-state index in [1.807, 2.05) is 0 Å². The van der Waals surface area contributed by atoms with Crippen molar-refractivity contribution in [2.45, 2.75) is 38.7 Å². The molecule has 1 heterocycles. The minimum Gasteiger partial charge on any atom is -0.393 e. The van der Waals surface area contributed by atoms with Crippen molar-refractivity contribution in [3.63, 3.8) is 0 Å². The van der Waals surface area contributed by atoms with Crippen LogP contribution in [0.1, 0.15) is 31.1 Å². The fourth-order valence-electron chi connectivity index (χ4n) is 1.27. The van der Waals surface area contributed by atoms with E-state index in [4.69, 9.17) is 0 Å². The smallest absolute Gasteiger partial charge is 0.0701 e. The van der Waals surface area contributed by atoms with Gasteiger partial charge >= 0.3 is 0 Å². The van der Waals surface area contributed by atoms with Crippen LogP contribution in [-0.4, -0.2) is 11.2 Å². The molecule has 3 heteroatoms. The van der Waals surface area contributed by atoms with Crippen molar-refractivity contribution in [3.8, 4) is 0 Å². The van der Waals surface area contributed by atoms with Crippen LogP contribution < -0.4 is 0 Å². The van der Waals surface area contributed by atoms with Gasteiger partial charge in [0.25, 0.3) is 0 Å². The molecule has 0 aliphatic carbocycles. The van der Waals surface area contributed by atoms with E-state index in [2.05, 4.69) is 35.0 Å². The predicted molar refractivity (Wildman–Crippen MR) is 61.3 cm³/mol. The summed E-state index contributed by atoms with van der Waals surface area (Å²) in [6.07, 6.45) is 3.76. The zero-order valence-electron chi connectivity index (χ0n) is 7.79. The number of hydrogen-bond donors (Lipinski definition) is 1. The molecule has 0 saturated carbocycles. The second kappa shape index (κ2) is 5.78. The van der Waals surface area contributed by atoms with Gasteiger partial charge in [0.15, 0.2) is 0 Å². The second-order valence-electron chi connectivity index (χ2n) is 3.19. The van der Waals surface area contributed by atoms with Gasteiger partial charge in [-0.15, -0.1) is 11.3 Å². The van der Waals surface area contributed by atoms with Gasteiger partial charge in [0, 0.05) is 4.88 Å². The summed E-state index contributed by atoms with van der Waals surface area (Å²) in [5.41, 5.74) is 0. The Morgan fingerprint density at radius 3 is 2.77 bits per heavy atom. The van der Waals surface area contributed by atoms with Crippen molar-refractivity contribution in [1.82, 2.24) is 0 Å². The van der Waals surface area contributed by atoms with Crippen LogP contribution in [0.15, 0.2) is 15.9 Å². The van der Waals surface area contributed by atoms with Crippen molar-refractivity contribution in [2.75, 3.05) is 0 Å². The summed E-state index contributed by atoms with van der Waals surface area (Å²) < 4.78 is 1.17. The van der Waals surface area contributed by atoms with E-state index in [0.29, 0.717) is 0 Å². The van der Waals surface area contributed by atoms with E-state index in [1.54, 1.807) is 11.3 Å². The molecule has 1 atom stereocenters. The quantitative estimate of drug-likeness (QED) is 0.860. The molecular weight excluding hydrogens is 248 g/mol. The van der Waals surface area contributed by atoms with Gasteiger partial charge in [0.1, 0.15) is 0 Å². The molecule has 0 radical (unpaired) electrons. The Morgan fingerprint density at radius 1 is 1.46 bits per heavy atom. The predicted octanol–water partition coefficient (Wildman–Crippen LogP) is 3.60. The van der Waals surface area contributed by atoms with Crippen LogP contribution in [0.25, 0.3) is 0 Å². The Hall–Kier alpha value is 0.140. The molecule has 74 valence electrons. The number of rotatable bonds is 5. The first-order valence-corrected chi connectivity index (χ1v) is 6.25. The van der Waals surface area contributed by atoms with E-state index in [0.717, 1.165) is 25.7 Å². The topological polar surface area (TPSA) is 20.2 Å². The third-order valence-corrected chi connectivity index (χ3v) is 3.66. The summed E-state index contributed by atoms with van der Waals surface area (Å²) in [7, 11) is 0. The second-order valence-corrected chi connectivity index (χ2v) is 5.73. The molecule has 0 aliphatic rings. The Kier molecular flexibility index (Phi) is 4.99. The molecule has 0 spiro atoms. The molecule has 0 amide bonds. The molecule has 1 nitrogen and oxygen atoms in total. The number of hydrogen-bond acceptors (Lipinski definition) is 2. The zero-order chi connectivity index (χ0) is 9.68. The molecule has 1 rings (SSSR count). The summed E-state index contributed by atoms with van der Waals surface area (Å²) in [5.74, 6) is 0. The number of halogens is 1. The van der Waals surface area contributed by atoms with Crippen molar-refractivity contribution in [1.29, 1.82) is 0 Å². The summed E-state index contributed by atoms with van der Waals surface area (Å²) in [5, 5.41) is 9.51. The minimum absolute atomic E-state index is 0.120. The lowest BCUT2D eigenvalue weighted by atomic mass is 10.1. The highest BCUT2D eigenvalue weighted by atomic mass is 79.9. The van der Waals surface area contributed by atoms with Gasteiger partial charge in [0.2, 0.25) is 0 Å². The summed E-state index contributed by atoms with van der Waals surface area (Å²) >= 11 is 5.18. The lowest BCUT2D eigenvalue weighted by Crippen LogP contribution is -2.06. The number of aryl methyl sites for hydroxylation is 1. The van der Waals surface area contributed by atoms with Crippen molar-refractivity contribution < 1.29 is 5.11 Å². The fourth-order valence-corrected chi connectivity index (χ4v) is 2.77. The van der Waals surface area contributed by atoms with Crippen LogP contribution in [0, 0.1) is 0 Å². The van der Waals surface area contributed by atoms with Gasteiger partial charge in [-0.05, 0) is 47.3 Å². The lowest BCUT2D eigenvalue weighted by Gasteiger charge is -2.06. The van der Waals surface area contributed by atoms with Crippen molar-refractivity contribution in [2.24, 2.45) is 0 Å².